The SMILES string of the molecule is CN(Cc1nc(-c2cccs2)no1)S(=O)(=O)Cc1ccccc1Cl. The van der Waals surface area contributed by atoms with Crippen LogP contribution >= 0.6 is 22.9 Å². The van der Waals surface area contributed by atoms with Crippen molar-refractivity contribution in [2.75, 3.05) is 7.05 Å². The number of halogens is 1. The largest absolute Gasteiger partial charge is 0.337 e. The highest BCUT2D eigenvalue weighted by Crippen LogP contribution is 2.23. The lowest BCUT2D eigenvalue weighted by atomic mass is 10.2. The number of nitrogens with zero attached hydrogens (tertiary/aromatic N) is 3. The second kappa shape index (κ2) is 7.02. The number of hydrogen-bond acceptors (Lipinski definition) is 6. The third-order valence-electron chi connectivity index (χ3n) is 3.34. The van der Waals surface area contributed by atoms with E-state index in [2.05, 4.69) is 10.1 Å². The lowest BCUT2D eigenvalue weighted by Gasteiger charge is -2.15. The summed E-state index contributed by atoms with van der Waals surface area (Å²) in [4.78, 5) is 5.10. The molecule has 0 N–H and O–H groups in total. The van der Waals surface area contributed by atoms with Gasteiger partial charge in [-0.25, -0.2) is 8.42 Å². The van der Waals surface area contributed by atoms with Gasteiger partial charge in [0.25, 0.3) is 0 Å². The normalized spacial score (nSPS) is 12.0. The standard InChI is InChI=1S/C15H14ClN3O3S2/c1-19(24(20,21)10-11-5-2-3-6-12(11)16)9-14-17-15(18-22-14)13-7-4-8-23-13/h2-8H,9-10H2,1H3. The third-order valence-corrected chi connectivity index (χ3v) is 6.33. The van der Waals surface area contributed by atoms with E-state index in [0.717, 1.165) is 4.88 Å². The van der Waals surface area contributed by atoms with Crippen molar-refractivity contribution in [3.63, 3.8) is 0 Å². The Hall–Kier alpha value is -1.74. The second-order valence-electron chi connectivity index (χ2n) is 5.09. The Morgan fingerprint density at radius 3 is 2.75 bits per heavy atom. The second-order valence-corrected chi connectivity index (χ2v) is 8.52. The fraction of sp³-hybridized carbons (Fsp3) is 0.200. The Bertz CT molecular complexity index is 923. The molecule has 0 spiro atoms. The van der Waals surface area contributed by atoms with Gasteiger partial charge in [-0.1, -0.05) is 41.0 Å². The molecule has 3 aromatic rings. The molecule has 0 saturated heterocycles. The molecule has 0 aliphatic rings. The Morgan fingerprint density at radius 2 is 2.04 bits per heavy atom. The molecular formula is C15H14ClN3O3S2. The number of thiophene rings is 1. The van der Waals surface area contributed by atoms with Crippen molar-refractivity contribution in [3.8, 4) is 10.7 Å². The lowest BCUT2D eigenvalue weighted by Crippen LogP contribution is -2.28. The van der Waals surface area contributed by atoms with E-state index in [-0.39, 0.29) is 18.2 Å². The highest BCUT2D eigenvalue weighted by atomic mass is 35.5. The van der Waals surface area contributed by atoms with Gasteiger partial charge in [0.1, 0.15) is 0 Å². The van der Waals surface area contributed by atoms with Gasteiger partial charge < -0.3 is 4.52 Å². The molecule has 3 rings (SSSR count). The predicted molar refractivity (Wildman–Crippen MR) is 93.2 cm³/mol. The number of rotatable bonds is 6. The summed E-state index contributed by atoms with van der Waals surface area (Å²) in [5.41, 5.74) is 0.552. The summed E-state index contributed by atoms with van der Waals surface area (Å²) in [6.07, 6.45) is 0. The average molecular weight is 384 g/mol. The molecule has 0 aliphatic carbocycles. The van der Waals surface area contributed by atoms with E-state index < -0.39 is 10.0 Å². The maximum absolute atomic E-state index is 12.5. The van der Waals surface area contributed by atoms with Crippen molar-refractivity contribution in [1.29, 1.82) is 0 Å². The van der Waals surface area contributed by atoms with Gasteiger partial charge in [0.2, 0.25) is 21.7 Å². The quantitative estimate of drug-likeness (QED) is 0.651. The summed E-state index contributed by atoms with van der Waals surface area (Å²) in [6.45, 7) is 0.00512. The highest BCUT2D eigenvalue weighted by molar-refractivity contribution is 7.88. The lowest BCUT2D eigenvalue weighted by molar-refractivity contribution is 0.336. The van der Waals surface area contributed by atoms with E-state index in [1.165, 1.54) is 22.7 Å². The van der Waals surface area contributed by atoms with E-state index >= 15 is 0 Å². The molecule has 24 heavy (non-hydrogen) atoms. The van der Waals surface area contributed by atoms with Crippen molar-refractivity contribution < 1.29 is 12.9 Å². The summed E-state index contributed by atoms with van der Waals surface area (Å²) in [7, 11) is -2.08. The van der Waals surface area contributed by atoms with Gasteiger partial charge in [-0.2, -0.15) is 9.29 Å². The van der Waals surface area contributed by atoms with Gasteiger partial charge in [-0.3, -0.25) is 0 Å². The van der Waals surface area contributed by atoms with Crippen LogP contribution in [0.4, 0.5) is 0 Å². The van der Waals surface area contributed by atoms with Crippen LogP contribution in [-0.2, 0) is 22.3 Å². The molecule has 126 valence electrons. The molecule has 2 aromatic heterocycles. The van der Waals surface area contributed by atoms with Crippen molar-refractivity contribution >= 4 is 33.0 Å². The first-order valence-corrected chi connectivity index (χ1v) is 9.86. The Balaban J connectivity index is 1.72. The van der Waals surface area contributed by atoms with Crippen molar-refractivity contribution in [2.24, 2.45) is 0 Å². The van der Waals surface area contributed by atoms with Crippen LogP contribution in [0.5, 0.6) is 0 Å². The van der Waals surface area contributed by atoms with Gasteiger partial charge in [0, 0.05) is 12.1 Å². The van der Waals surface area contributed by atoms with Crippen LogP contribution in [-0.4, -0.2) is 29.9 Å². The van der Waals surface area contributed by atoms with Crippen LogP contribution in [0.15, 0.2) is 46.3 Å². The number of hydrogen-bond donors (Lipinski definition) is 0. The first-order chi connectivity index (χ1) is 11.5. The Kier molecular flexibility index (Phi) is 5.00. The van der Waals surface area contributed by atoms with Crippen molar-refractivity contribution in [3.05, 3.63) is 58.3 Å². The van der Waals surface area contributed by atoms with Crippen LogP contribution in [0.2, 0.25) is 5.02 Å². The molecule has 1 aromatic carbocycles. The zero-order chi connectivity index (χ0) is 17.2. The summed E-state index contributed by atoms with van der Waals surface area (Å²) in [6, 6.07) is 10.6. The average Bonchev–Trinajstić information content (AvgIpc) is 3.20. The molecule has 0 aliphatic heterocycles. The van der Waals surface area contributed by atoms with Gasteiger partial charge in [0.15, 0.2) is 0 Å². The van der Waals surface area contributed by atoms with Crippen LogP contribution < -0.4 is 0 Å². The molecule has 9 heteroatoms. The molecule has 0 saturated carbocycles. The van der Waals surface area contributed by atoms with Crippen molar-refractivity contribution in [1.82, 2.24) is 14.4 Å². The predicted octanol–water partition coefficient (Wildman–Crippen LogP) is 3.41. The molecule has 0 amide bonds. The monoisotopic (exact) mass is 383 g/mol. The fourth-order valence-electron chi connectivity index (χ4n) is 2.04. The van der Waals surface area contributed by atoms with Gasteiger partial charge >= 0.3 is 0 Å². The van der Waals surface area contributed by atoms with Crippen LogP contribution in [0.25, 0.3) is 10.7 Å². The minimum atomic E-state index is -3.55. The fourth-order valence-corrected chi connectivity index (χ4v) is 4.14. The summed E-state index contributed by atoms with van der Waals surface area (Å²) >= 11 is 7.52. The van der Waals surface area contributed by atoms with E-state index in [1.54, 1.807) is 24.3 Å². The summed E-state index contributed by atoms with van der Waals surface area (Å²) in [5, 5.41) is 6.21. The zero-order valence-electron chi connectivity index (χ0n) is 12.7. The highest BCUT2D eigenvalue weighted by Gasteiger charge is 2.22. The van der Waals surface area contributed by atoms with E-state index in [4.69, 9.17) is 16.1 Å². The Morgan fingerprint density at radius 1 is 1.25 bits per heavy atom. The Labute approximate surface area is 148 Å². The zero-order valence-corrected chi connectivity index (χ0v) is 15.1. The molecule has 0 unspecified atom stereocenters. The molecule has 0 atom stereocenters. The topological polar surface area (TPSA) is 76.3 Å². The minimum absolute atomic E-state index is 0.00512. The molecule has 0 radical (unpaired) electrons. The summed E-state index contributed by atoms with van der Waals surface area (Å²) in [5.74, 6) is 0.510. The van der Waals surface area contributed by atoms with Gasteiger partial charge in [-0.15, -0.1) is 11.3 Å². The van der Waals surface area contributed by atoms with Gasteiger partial charge in [0.05, 0.1) is 17.2 Å². The smallest absolute Gasteiger partial charge is 0.242 e. The maximum Gasteiger partial charge on any atom is 0.242 e. The first-order valence-electron chi connectivity index (χ1n) is 6.99. The van der Waals surface area contributed by atoms with E-state index in [0.29, 0.717) is 16.4 Å². The molecule has 6 nitrogen and oxygen atoms in total. The van der Waals surface area contributed by atoms with E-state index in [1.807, 2.05) is 17.5 Å². The summed E-state index contributed by atoms with van der Waals surface area (Å²) < 4.78 is 31.3. The van der Waals surface area contributed by atoms with Crippen LogP contribution in [0.3, 0.4) is 0 Å². The third kappa shape index (κ3) is 3.84. The molecule has 0 fully saturated rings. The molecular weight excluding hydrogens is 370 g/mol. The van der Waals surface area contributed by atoms with Gasteiger partial charge in [-0.05, 0) is 23.1 Å². The van der Waals surface area contributed by atoms with Crippen LogP contribution in [0.1, 0.15) is 11.5 Å². The minimum Gasteiger partial charge on any atom is -0.337 e. The van der Waals surface area contributed by atoms with E-state index in [9.17, 15) is 8.42 Å². The number of aromatic nitrogens is 2. The number of sulfonamides is 1. The first kappa shape index (κ1) is 17.1. The number of benzene rings is 1. The molecule has 0 bridgehead atoms. The van der Waals surface area contributed by atoms with Crippen molar-refractivity contribution in [2.45, 2.75) is 12.3 Å². The maximum atomic E-state index is 12.5. The molecule has 2 heterocycles. The van der Waals surface area contributed by atoms with Crippen LogP contribution in [0, 0.1) is 0 Å².